The summed E-state index contributed by atoms with van der Waals surface area (Å²) in [5.74, 6) is 0.950. The molecule has 1 aromatic carbocycles. The number of thiazole rings is 1. The fraction of sp³-hybridized carbons (Fsp3) is 0.429. The van der Waals surface area contributed by atoms with Crippen molar-refractivity contribution in [3.05, 3.63) is 36.2 Å². The van der Waals surface area contributed by atoms with Gasteiger partial charge in [-0.2, -0.15) is 4.98 Å². The van der Waals surface area contributed by atoms with Gasteiger partial charge in [0.15, 0.2) is 10.8 Å². The fourth-order valence-corrected chi connectivity index (χ4v) is 5.45. The number of fused-ring (bicyclic) bond motifs is 1. The van der Waals surface area contributed by atoms with E-state index >= 15 is 0 Å². The SMILES string of the molecule is CCc1cccc(NC(=O)CSc2ncnc3nc(N4CCC[C@H](C)C4)sc23)c1. The largest absolute Gasteiger partial charge is 0.348 e. The van der Waals surface area contributed by atoms with E-state index < -0.39 is 0 Å². The predicted molar refractivity (Wildman–Crippen MR) is 121 cm³/mol. The molecule has 6 nitrogen and oxygen atoms in total. The maximum absolute atomic E-state index is 12.4. The summed E-state index contributed by atoms with van der Waals surface area (Å²) in [6, 6.07) is 7.96. The van der Waals surface area contributed by atoms with Gasteiger partial charge in [0.25, 0.3) is 0 Å². The van der Waals surface area contributed by atoms with Crippen molar-refractivity contribution in [1.82, 2.24) is 15.0 Å². The van der Waals surface area contributed by atoms with Crippen LogP contribution in [0.3, 0.4) is 0 Å². The van der Waals surface area contributed by atoms with E-state index in [1.54, 1.807) is 11.3 Å². The molecule has 1 atom stereocenters. The zero-order valence-corrected chi connectivity index (χ0v) is 18.4. The molecule has 29 heavy (non-hydrogen) atoms. The molecule has 1 N–H and O–H groups in total. The summed E-state index contributed by atoms with van der Waals surface area (Å²) in [7, 11) is 0. The minimum atomic E-state index is -0.0374. The molecule has 4 rings (SSSR count). The van der Waals surface area contributed by atoms with Crippen molar-refractivity contribution in [2.75, 3.05) is 29.1 Å². The number of carbonyl (C=O) groups is 1. The van der Waals surface area contributed by atoms with Crippen molar-refractivity contribution >= 4 is 50.2 Å². The highest BCUT2D eigenvalue weighted by atomic mass is 32.2. The Morgan fingerprint density at radius 1 is 1.38 bits per heavy atom. The number of nitrogens with one attached hydrogen (secondary N) is 1. The van der Waals surface area contributed by atoms with Crippen LogP contribution in [0.4, 0.5) is 10.8 Å². The van der Waals surface area contributed by atoms with Crippen molar-refractivity contribution in [3.8, 4) is 0 Å². The van der Waals surface area contributed by atoms with Crippen molar-refractivity contribution in [2.24, 2.45) is 5.92 Å². The molecule has 3 heterocycles. The molecule has 0 spiro atoms. The minimum absolute atomic E-state index is 0.0374. The first-order chi connectivity index (χ1) is 14.1. The smallest absolute Gasteiger partial charge is 0.234 e. The standard InChI is InChI=1S/C21H25N5OS2/c1-3-15-7-4-8-16(10-15)24-17(27)12-28-20-18-19(22-13-23-20)25-21(29-18)26-9-5-6-14(2)11-26/h4,7-8,10,13-14H,3,5-6,9,11-12H2,1-2H3,(H,24,27)/t14-/m0/s1. The van der Waals surface area contributed by atoms with Crippen LogP contribution in [-0.4, -0.2) is 39.7 Å². The highest BCUT2D eigenvalue weighted by Gasteiger charge is 2.21. The Labute approximate surface area is 179 Å². The zero-order chi connectivity index (χ0) is 20.2. The van der Waals surface area contributed by atoms with E-state index in [1.807, 2.05) is 18.2 Å². The Morgan fingerprint density at radius 2 is 2.28 bits per heavy atom. The number of thioether (sulfide) groups is 1. The fourth-order valence-electron chi connectivity index (χ4n) is 3.52. The molecular weight excluding hydrogens is 402 g/mol. The Balaban J connectivity index is 1.44. The van der Waals surface area contributed by atoms with E-state index in [-0.39, 0.29) is 5.91 Å². The van der Waals surface area contributed by atoms with Crippen LogP contribution in [0.15, 0.2) is 35.6 Å². The lowest BCUT2D eigenvalue weighted by molar-refractivity contribution is -0.113. The van der Waals surface area contributed by atoms with E-state index in [9.17, 15) is 4.79 Å². The number of piperidine rings is 1. The molecule has 0 unspecified atom stereocenters. The second-order valence-corrected chi connectivity index (χ2v) is 9.35. The number of aromatic nitrogens is 3. The number of nitrogens with zero attached hydrogens (tertiary/aromatic N) is 4. The summed E-state index contributed by atoms with van der Waals surface area (Å²) in [5, 5.41) is 4.80. The summed E-state index contributed by atoms with van der Waals surface area (Å²) in [4.78, 5) is 28.2. The lowest BCUT2D eigenvalue weighted by atomic mass is 10.0. The van der Waals surface area contributed by atoms with E-state index in [2.05, 4.69) is 40.1 Å². The maximum atomic E-state index is 12.4. The van der Waals surface area contributed by atoms with Gasteiger partial charge in [-0.1, -0.05) is 49.1 Å². The Bertz CT molecular complexity index is 1010. The lowest BCUT2D eigenvalue weighted by Crippen LogP contribution is -2.34. The normalized spacial score (nSPS) is 16.9. The number of benzene rings is 1. The molecule has 0 radical (unpaired) electrons. The van der Waals surface area contributed by atoms with Gasteiger partial charge < -0.3 is 10.2 Å². The highest BCUT2D eigenvalue weighted by molar-refractivity contribution is 8.00. The number of hydrogen-bond acceptors (Lipinski definition) is 7. The van der Waals surface area contributed by atoms with Gasteiger partial charge >= 0.3 is 0 Å². The second-order valence-electron chi connectivity index (χ2n) is 7.41. The molecule has 1 aliphatic heterocycles. The van der Waals surface area contributed by atoms with Gasteiger partial charge in [-0.05, 0) is 42.9 Å². The number of hydrogen-bond donors (Lipinski definition) is 1. The number of rotatable bonds is 6. The second kappa shape index (κ2) is 9.09. The van der Waals surface area contributed by atoms with Crippen LogP contribution in [0.1, 0.15) is 32.3 Å². The quantitative estimate of drug-likeness (QED) is 0.457. The van der Waals surface area contributed by atoms with Crippen molar-refractivity contribution < 1.29 is 4.79 Å². The molecule has 2 aromatic heterocycles. The number of amides is 1. The molecule has 0 bridgehead atoms. The molecule has 1 fully saturated rings. The predicted octanol–water partition coefficient (Wildman–Crippen LogP) is 4.62. The van der Waals surface area contributed by atoms with Gasteiger partial charge in [0.05, 0.1) is 5.75 Å². The molecule has 152 valence electrons. The van der Waals surface area contributed by atoms with Crippen LogP contribution in [-0.2, 0) is 11.2 Å². The summed E-state index contributed by atoms with van der Waals surface area (Å²) < 4.78 is 0.964. The molecule has 1 amide bonds. The van der Waals surface area contributed by atoms with Crippen molar-refractivity contribution in [1.29, 1.82) is 0 Å². The molecule has 3 aromatic rings. The summed E-state index contributed by atoms with van der Waals surface area (Å²) in [6.45, 7) is 6.47. The topological polar surface area (TPSA) is 71.0 Å². The minimum Gasteiger partial charge on any atom is -0.348 e. The number of anilines is 2. The molecule has 1 saturated heterocycles. The maximum Gasteiger partial charge on any atom is 0.234 e. The van der Waals surface area contributed by atoms with Crippen LogP contribution in [0.2, 0.25) is 0 Å². The monoisotopic (exact) mass is 427 g/mol. The Hall–Kier alpha value is -2.19. The highest BCUT2D eigenvalue weighted by Crippen LogP contribution is 2.35. The van der Waals surface area contributed by atoms with E-state index in [0.717, 1.165) is 45.7 Å². The van der Waals surface area contributed by atoms with Crippen LogP contribution >= 0.6 is 23.1 Å². The summed E-state index contributed by atoms with van der Waals surface area (Å²) in [5.41, 5.74) is 2.76. The first-order valence-corrected chi connectivity index (χ1v) is 11.8. The van der Waals surface area contributed by atoms with E-state index in [4.69, 9.17) is 4.98 Å². The van der Waals surface area contributed by atoms with Crippen molar-refractivity contribution in [3.63, 3.8) is 0 Å². The van der Waals surface area contributed by atoms with Gasteiger partial charge in [-0.25, -0.2) is 9.97 Å². The van der Waals surface area contributed by atoms with Crippen LogP contribution in [0, 0.1) is 5.92 Å². The molecule has 1 aliphatic rings. The van der Waals surface area contributed by atoms with Gasteiger partial charge in [0, 0.05) is 18.8 Å². The lowest BCUT2D eigenvalue weighted by Gasteiger charge is -2.30. The summed E-state index contributed by atoms with van der Waals surface area (Å²) in [6.07, 6.45) is 4.96. The number of carbonyl (C=O) groups excluding carboxylic acids is 1. The summed E-state index contributed by atoms with van der Waals surface area (Å²) >= 11 is 3.07. The van der Waals surface area contributed by atoms with Crippen LogP contribution in [0.5, 0.6) is 0 Å². The molecule has 8 heteroatoms. The van der Waals surface area contributed by atoms with Crippen LogP contribution in [0.25, 0.3) is 10.3 Å². The Kier molecular flexibility index (Phi) is 6.30. The molecule has 0 saturated carbocycles. The molecule has 0 aliphatic carbocycles. The zero-order valence-electron chi connectivity index (χ0n) is 16.7. The third-order valence-electron chi connectivity index (χ3n) is 5.03. The number of aryl methyl sites for hydroxylation is 1. The Morgan fingerprint density at radius 3 is 3.10 bits per heavy atom. The van der Waals surface area contributed by atoms with Gasteiger partial charge in [-0.3, -0.25) is 4.79 Å². The molecular formula is C21H25N5OS2. The van der Waals surface area contributed by atoms with Gasteiger partial charge in [-0.15, -0.1) is 0 Å². The third-order valence-corrected chi connectivity index (χ3v) is 7.26. The first-order valence-electron chi connectivity index (χ1n) is 10.0. The first kappa shape index (κ1) is 20.1. The van der Waals surface area contributed by atoms with E-state index in [1.165, 1.54) is 36.5 Å². The third kappa shape index (κ3) is 4.87. The van der Waals surface area contributed by atoms with Gasteiger partial charge in [0.2, 0.25) is 5.91 Å². The van der Waals surface area contributed by atoms with Gasteiger partial charge in [0.1, 0.15) is 16.1 Å². The average Bonchev–Trinajstić information content (AvgIpc) is 3.17. The van der Waals surface area contributed by atoms with E-state index in [0.29, 0.717) is 11.7 Å². The average molecular weight is 428 g/mol. The van der Waals surface area contributed by atoms with Crippen LogP contribution < -0.4 is 10.2 Å². The van der Waals surface area contributed by atoms with Crippen molar-refractivity contribution in [2.45, 2.75) is 38.1 Å².